The lowest BCUT2D eigenvalue weighted by atomic mass is 9.91. The molecule has 1 fully saturated rings. The van der Waals surface area contributed by atoms with Gasteiger partial charge in [-0.15, -0.1) is 0 Å². The maximum absolute atomic E-state index is 13.8. The Kier molecular flexibility index (Phi) is 3.14. The molecule has 2 aromatic carbocycles. The Morgan fingerprint density at radius 2 is 1.85 bits per heavy atom. The lowest BCUT2D eigenvalue weighted by molar-refractivity contribution is 0.0697. The maximum Gasteiger partial charge on any atom is 0.335 e. The number of aromatic carboxylic acids is 1. The smallest absolute Gasteiger partial charge is 0.335 e. The molecule has 1 N–H and O–H groups in total. The fourth-order valence-corrected chi connectivity index (χ4v) is 2.50. The van der Waals surface area contributed by atoms with Crippen LogP contribution in [0, 0.1) is 5.82 Å². The molecule has 0 atom stereocenters. The van der Waals surface area contributed by atoms with Gasteiger partial charge in [-0.05, 0) is 23.8 Å². The molecule has 102 valence electrons. The Hall–Kier alpha value is -2.36. The predicted octanol–water partition coefficient (Wildman–Crippen LogP) is 3.13. The summed E-state index contributed by atoms with van der Waals surface area (Å²) in [6.45, 7) is 1.42. The number of hydrogen-bond donors (Lipinski definition) is 1. The van der Waals surface area contributed by atoms with Crippen molar-refractivity contribution in [2.75, 3.05) is 18.0 Å². The summed E-state index contributed by atoms with van der Waals surface area (Å²) in [7, 11) is 0. The molecular weight excluding hydrogens is 257 g/mol. The monoisotopic (exact) mass is 271 g/mol. The van der Waals surface area contributed by atoms with Crippen molar-refractivity contribution < 1.29 is 14.3 Å². The van der Waals surface area contributed by atoms with Crippen molar-refractivity contribution in [3.05, 3.63) is 65.5 Å². The molecule has 1 aliphatic heterocycles. The highest BCUT2D eigenvalue weighted by atomic mass is 19.1. The standard InChI is InChI=1S/C16H14FNO2/c17-14-7-6-12(16(19)20)8-15(14)18-9-13(10-18)11-4-2-1-3-5-11/h1-8,13H,9-10H2,(H,19,20). The lowest BCUT2D eigenvalue weighted by Crippen LogP contribution is -2.45. The number of carboxylic acid groups (broad SMARTS) is 1. The quantitative estimate of drug-likeness (QED) is 0.932. The molecule has 0 aliphatic carbocycles. The SMILES string of the molecule is O=C(O)c1ccc(F)c(N2CC(c3ccccc3)C2)c1. The zero-order valence-electron chi connectivity index (χ0n) is 10.8. The first-order valence-corrected chi connectivity index (χ1v) is 6.48. The Labute approximate surface area is 116 Å². The molecule has 1 saturated heterocycles. The molecule has 0 saturated carbocycles. The first-order chi connectivity index (χ1) is 9.65. The molecular formula is C16H14FNO2. The van der Waals surface area contributed by atoms with Crippen LogP contribution < -0.4 is 4.90 Å². The van der Waals surface area contributed by atoms with Crippen LogP contribution in [-0.4, -0.2) is 24.2 Å². The minimum Gasteiger partial charge on any atom is -0.478 e. The van der Waals surface area contributed by atoms with Crippen LogP contribution in [0.5, 0.6) is 0 Å². The number of anilines is 1. The highest BCUT2D eigenvalue weighted by Crippen LogP contribution is 2.33. The van der Waals surface area contributed by atoms with Gasteiger partial charge < -0.3 is 10.0 Å². The zero-order chi connectivity index (χ0) is 14.1. The number of benzene rings is 2. The van der Waals surface area contributed by atoms with Gasteiger partial charge in [-0.3, -0.25) is 0 Å². The van der Waals surface area contributed by atoms with Crippen LogP contribution in [0.2, 0.25) is 0 Å². The van der Waals surface area contributed by atoms with Crippen LogP contribution >= 0.6 is 0 Å². The molecule has 0 aromatic heterocycles. The van der Waals surface area contributed by atoms with E-state index in [1.165, 1.54) is 23.8 Å². The number of nitrogens with zero attached hydrogens (tertiary/aromatic N) is 1. The molecule has 3 nitrogen and oxygen atoms in total. The van der Waals surface area contributed by atoms with E-state index in [1.54, 1.807) is 0 Å². The maximum atomic E-state index is 13.8. The van der Waals surface area contributed by atoms with Gasteiger partial charge >= 0.3 is 5.97 Å². The van der Waals surface area contributed by atoms with Crippen LogP contribution in [0.15, 0.2) is 48.5 Å². The summed E-state index contributed by atoms with van der Waals surface area (Å²) >= 11 is 0. The van der Waals surface area contributed by atoms with E-state index in [9.17, 15) is 9.18 Å². The number of rotatable bonds is 3. The van der Waals surface area contributed by atoms with E-state index >= 15 is 0 Å². The van der Waals surface area contributed by atoms with Gasteiger partial charge in [-0.2, -0.15) is 0 Å². The van der Waals surface area contributed by atoms with Crippen LogP contribution in [0.3, 0.4) is 0 Å². The number of carbonyl (C=O) groups is 1. The minimum atomic E-state index is -1.04. The summed E-state index contributed by atoms with van der Waals surface area (Å²) in [5, 5.41) is 8.96. The lowest BCUT2D eigenvalue weighted by Gasteiger charge is -2.41. The van der Waals surface area contributed by atoms with Crippen molar-refractivity contribution in [3.8, 4) is 0 Å². The van der Waals surface area contributed by atoms with Crippen LogP contribution in [-0.2, 0) is 0 Å². The van der Waals surface area contributed by atoms with Gasteiger partial charge in [0.05, 0.1) is 11.3 Å². The molecule has 0 amide bonds. The van der Waals surface area contributed by atoms with Gasteiger partial charge in [0.15, 0.2) is 0 Å². The number of hydrogen-bond acceptors (Lipinski definition) is 2. The predicted molar refractivity (Wildman–Crippen MR) is 74.8 cm³/mol. The van der Waals surface area contributed by atoms with Gasteiger partial charge in [0.25, 0.3) is 0 Å². The summed E-state index contributed by atoms with van der Waals surface area (Å²) in [5.74, 6) is -1.03. The van der Waals surface area contributed by atoms with E-state index in [2.05, 4.69) is 12.1 Å². The van der Waals surface area contributed by atoms with E-state index in [1.807, 2.05) is 23.1 Å². The van der Waals surface area contributed by atoms with Crippen molar-refractivity contribution in [2.45, 2.75) is 5.92 Å². The van der Waals surface area contributed by atoms with Crippen molar-refractivity contribution in [1.82, 2.24) is 0 Å². The summed E-state index contributed by atoms with van der Waals surface area (Å²) in [4.78, 5) is 12.8. The second kappa shape index (κ2) is 4.96. The molecule has 4 heteroatoms. The first kappa shape index (κ1) is 12.7. The highest BCUT2D eigenvalue weighted by molar-refractivity contribution is 5.89. The van der Waals surface area contributed by atoms with Gasteiger partial charge in [0, 0.05) is 19.0 Å². The van der Waals surface area contributed by atoms with Gasteiger partial charge in [0.2, 0.25) is 0 Å². The zero-order valence-corrected chi connectivity index (χ0v) is 10.8. The average Bonchev–Trinajstić information content (AvgIpc) is 2.40. The molecule has 1 heterocycles. The van der Waals surface area contributed by atoms with Gasteiger partial charge in [-0.25, -0.2) is 9.18 Å². The van der Waals surface area contributed by atoms with E-state index in [-0.39, 0.29) is 11.4 Å². The largest absolute Gasteiger partial charge is 0.478 e. The summed E-state index contributed by atoms with van der Waals surface area (Å²) in [6, 6.07) is 14.0. The Bertz CT molecular complexity index is 636. The third kappa shape index (κ3) is 2.25. The molecule has 2 aromatic rings. The topological polar surface area (TPSA) is 40.5 Å². The molecule has 3 rings (SSSR count). The Morgan fingerprint density at radius 3 is 2.50 bits per heavy atom. The molecule has 1 aliphatic rings. The van der Waals surface area contributed by atoms with Gasteiger partial charge in [0.1, 0.15) is 5.82 Å². The molecule has 0 spiro atoms. The second-order valence-electron chi connectivity index (χ2n) is 4.98. The van der Waals surface area contributed by atoms with Crippen LogP contribution in [0.4, 0.5) is 10.1 Å². The van der Waals surface area contributed by atoms with E-state index in [0.29, 0.717) is 24.7 Å². The van der Waals surface area contributed by atoms with Crippen molar-refractivity contribution in [1.29, 1.82) is 0 Å². The van der Waals surface area contributed by atoms with E-state index in [0.717, 1.165) is 0 Å². The average molecular weight is 271 g/mol. The number of carboxylic acids is 1. The first-order valence-electron chi connectivity index (χ1n) is 6.48. The molecule has 0 unspecified atom stereocenters. The van der Waals surface area contributed by atoms with E-state index in [4.69, 9.17) is 5.11 Å². The van der Waals surface area contributed by atoms with Crippen LogP contribution in [0.1, 0.15) is 21.8 Å². The third-order valence-corrected chi connectivity index (χ3v) is 3.69. The van der Waals surface area contributed by atoms with Crippen molar-refractivity contribution in [3.63, 3.8) is 0 Å². The van der Waals surface area contributed by atoms with Gasteiger partial charge in [-0.1, -0.05) is 30.3 Å². The molecule has 0 bridgehead atoms. The summed E-state index contributed by atoms with van der Waals surface area (Å²) < 4.78 is 13.8. The Morgan fingerprint density at radius 1 is 1.15 bits per heavy atom. The number of halogens is 1. The Balaban J connectivity index is 1.77. The fraction of sp³-hybridized carbons (Fsp3) is 0.188. The normalized spacial score (nSPS) is 14.9. The summed E-state index contributed by atoms with van der Waals surface area (Å²) in [6.07, 6.45) is 0. The molecule has 0 radical (unpaired) electrons. The highest BCUT2D eigenvalue weighted by Gasteiger charge is 2.30. The fourth-order valence-electron chi connectivity index (χ4n) is 2.50. The van der Waals surface area contributed by atoms with E-state index < -0.39 is 5.97 Å². The summed E-state index contributed by atoms with van der Waals surface area (Å²) in [5.41, 5.74) is 1.72. The molecule has 20 heavy (non-hydrogen) atoms. The third-order valence-electron chi connectivity index (χ3n) is 3.69. The van der Waals surface area contributed by atoms with Crippen LogP contribution in [0.25, 0.3) is 0 Å². The second-order valence-corrected chi connectivity index (χ2v) is 4.98. The van der Waals surface area contributed by atoms with Crippen molar-refractivity contribution >= 4 is 11.7 Å². The minimum absolute atomic E-state index is 0.115. The van der Waals surface area contributed by atoms with Crippen molar-refractivity contribution in [2.24, 2.45) is 0 Å².